The van der Waals surface area contributed by atoms with Gasteiger partial charge in [-0.2, -0.15) is 13.2 Å². The summed E-state index contributed by atoms with van der Waals surface area (Å²) in [5.41, 5.74) is -2.03. The number of alkyl halides is 3. The molecule has 0 saturated carbocycles. The van der Waals surface area contributed by atoms with E-state index in [0.29, 0.717) is 21.1 Å². The van der Waals surface area contributed by atoms with Crippen LogP contribution in [0, 0.1) is 27.7 Å². The molecule has 0 aliphatic carbocycles. The van der Waals surface area contributed by atoms with Crippen LogP contribution in [-0.2, 0) is 15.1 Å². The number of esters is 1. The number of carbonyl (C=O) groups excluding carboxylic acids is 1. The Morgan fingerprint density at radius 3 is 1.57 bits per heavy atom. The normalized spacial score (nSPS) is 12.5. The predicted molar refractivity (Wildman–Crippen MR) is 81.8 cm³/mol. The highest BCUT2D eigenvalue weighted by Crippen LogP contribution is 2.50. The van der Waals surface area contributed by atoms with Crippen LogP contribution in [0.15, 0.2) is 0 Å². The van der Waals surface area contributed by atoms with Gasteiger partial charge in [0.2, 0.25) is 0 Å². The van der Waals surface area contributed by atoms with Crippen LogP contribution in [0.1, 0.15) is 38.1 Å². The third-order valence-corrected chi connectivity index (χ3v) is 5.70. The van der Waals surface area contributed by atoms with E-state index in [1.807, 2.05) is 0 Å². The van der Waals surface area contributed by atoms with Crippen molar-refractivity contribution in [3.63, 3.8) is 0 Å². The van der Waals surface area contributed by atoms with Gasteiger partial charge in [0.05, 0.1) is 11.4 Å². The number of rotatable bonds is 3. The first kappa shape index (κ1) is 17.9. The van der Waals surface area contributed by atoms with Crippen molar-refractivity contribution in [2.24, 2.45) is 0 Å². The van der Waals surface area contributed by atoms with Gasteiger partial charge in [0.15, 0.2) is 10.0 Å². The van der Waals surface area contributed by atoms with Gasteiger partial charge in [-0.1, -0.05) is 0 Å². The summed E-state index contributed by atoms with van der Waals surface area (Å²) in [6, 6.07) is 0. The molecule has 2 heterocycles. The third-order valence-electron chi connectivity index (χ3n) is 3.36. The molecule has 0 aromatic carbocycles. The Morgan fingerprint density at radius 1 is 0.957 bits per heavy atom. The number of carbonyl (C=O) groups is 1. The molecule has 126 valence electrons. The van der Waals surface area contributed by atoms with E-state index in [-0.39, 0.29) is 10.0 Å². The smallest absolute Gasteiger partial charge is 0.434 e. The molecule has 23 heavy (non-hydrogen) atoms. The molecule has 0 amide bonds. The van der Waals surface area contributed by atoms with Crippen LogP contribution < -0.4 is 0 Å². The lowest BCUT2D eigenvalue weighted by molar-refractivity contribution is -0.259. The van der Waals surface area contributed by atoms with Crippen molar-refractivity contribution in [1.29, 1.82) is 0 Å². The van der Waals surface area contributed by atoms with Crippen LogP contribution >= 0.6 is 22.7 Å². The van der Waals surface area contributed by atoms with Gasteiger partial charge < -0.3 is 4.74 Å². The predicted octanol–water partition coefficient (Wildman–Crippen LogP) is 4.20. The molecule has 0 aliphatic rings. The molecule has 0 N–H and O–H groups in total. The van der Waals surface area contributed by atoms with E-state index in [2.05, 4.69) is 9.97 Å². The van der Waals surface area contributed by atoms with Crippen LogP contribution in [0.5, 0.6) is 0 Å². The highest BCUT2D eigenvalue weighted by atomic mass is 32.1. The van der Waals surface area contributed by atoms with Crippen molar-refractivity contribution in [2.75, 3.05) is 0 Å². The van der Waals surface area contributed by atoms with Crippen molar-refractivity contribution in [3.8, 4) is 0 Å². The Morgan fingerprint density at radius 2 is 1.35 bits per heavy atom. The van der Waals surface area contributed by atoms with E-state index in [1.54, 1.807) is 27.7 Å². The molecule has 0 saturated heterocycles. The summed E-state index contributed by atoms with van der Waals surface area (Å²) in [6.45, 7) is 7.51. The van der Waals surface area contributed by atoms with Crippen molar-refractivity contribution in [3.05, 3.63) is 31.2 Å². The fourth-order valence-corrected chi connectivity index (χ4v) is 4.13. The topological polar surface area (TPSA) is 52.1 Å². The van der Waals surface area contributed by atoms with Crippen molar-refractivity contribution in [2.45, 2.75) is 46.4 Å². The largest absolute Gasteiger partial charge is 0.442 e. The number of aryl methyl sites for hydroxylation is 4. The van der Waals surface area contributed by atoms with Crippen LogP contribution in [-0.4, -0.2) is 22.1 Å². The molecular formula is C14H15F3N2O2S2. The summed E-state index contributed by atoms with van der Waals surface area (Å²) < 4.78 is 47.0. The fourth-order valence-electron chi connectivity index (χ4n) is 1.94. The van der Waals surface area contributed by atoms with Crippen molar-refractivity contribution in [1.82, 2.24) is 9.97 Å². The Labute approximate surface area is 139 Å². The van der Waals surface area contributed by atoms with Gasteiger partial charge in [-0.15, -0.1) is 22.7 Å². The second kappa shape index (κ2) is 5.86. The minimum absolute atomic E-state index is 0.330. The summed E-state index contributed by atoms with van der Waals surface area (Å²) in [7, 11) is 0. The minimum atomic E-state index is -4.88. The summed E-state index contributed by atoms with van der Waals surface area (Å²) >= 11 is 1.72. The Balaban J connectivity index is 2.82. The summed E-state index contributed by atoms with van der Waals surface area (Å²) in [4.78, 5) is 20.7. The Kier molecular flexibility index (Phi) is 4.55. The first-order chi connectivity index (χ1) is 10.5. The van der Waals surface area contributed by atoms with E-state index >= 15 is 0 Å². The van der Waals surface area contributed by atoms with Gasteiger partial charge in [0.25, 0.3) is 0 Å². The van der Waals surface area contributed by atoms with Gasteiger partial charge in [-0.3, -0.25) is 4.79 Å². The van der Waals surface area contributed by atoms with Crippen LogP contribution in [0.25, 0.3) is 0 Å². The van der Waals surface area contributed by atoms with Crippen molar-refractivity contribution < 1.29 is 22.7 Å². The molecule has 0 unspecified atom stereocenters. The maximum Gasteiger partial charge on any atom is 0.442 e. The monoisotopic (exact) mass is 364 g/mol. The van der Waals surface area contributed by atoms with E-state index in [9.17, 15) is 18.0 Å². The zero-order valence-corrected chi connectivity index (χ0v) is 14.8. The molecular weight excluding hydrogens is 349 g/mol. The zero-order valence-electron chi connectivity index (χ0n) is 13.2. The van der Waals surface area contributed by atoms with E-state index < -0.39 is 17.7 Å². The number of nitrogens with zero attached hydrogens (tertiary/aromatic N) is 2. The first-order valence-electron chi connectivity index (χ1n) is 6.64. The van der Waals surface area contributed by atoms with Gasteiger partial charge in [-0.25, -0.2) is 9.97 Å². The molecule has 2 aromatic heterocycles. The Hall–Kier alpha value is -1.48. The lowest BCUT2D eigenvalue weighted by Gasteiger charge is -2.31. The van der Waals surface area contributed by atoms with E-state index in [0.717, 1.165) is 29.6 Å². The molecule has 0 atom stereocenters. The number of aromatic nitrogens is 2. The number of hydrogen-bond donors (Lipinski definition) is 0. The van der Waals surface area contributed by atoms with Crippen LogP contribution in [0.3, 0.4) is 0 Å². The standard InChI is InChI=1S/C14H15F3N2O2S2/c1-6-8(3)22-11(18-6)13(14(15,16)17,21-10(5)20)12-19-7(2)9(4)23-12/h1-5H3. The quantitative estimate of drug-likeness (QED) is 0.766. The summed E-state index contributed by atoms with van der Waals surface area (Å²) in [5, 5.41) is -0.659. The molecule has 0 bridgehead atoms. The van der Waals surface area contributed by atoms with Crippen molar-refractivity contribution >= 4 is 28.6 Å². The van der Waals surface area contributed by atoms with Gasteiger partial charge in [0, 0.05) is 16.7 Å². The van der Waals surface area contributed by atoms with Gasteiger partial charge in [0.1, 0.15) is 0 Å². The number of ether oxygens (including phenoxy) is 1. The lowest BCUT2D eigenvalue weighted by Crippen LogP contribution is -2.47. The Bertz CT molecular complexity index is 665. The molecule has 0 spiro atoms. The molecule has 0 radical (unpaired) electrons. The minimum Gasteiger partial charge on any atom is -0.434 e. The van der Waals surface area contributed by atoms with Gasteiger partial charge in [-0.05, 0) is 27.7 Å². The second-order valence-electron chi connectivity index (χ2n) is 5.09. The fraction of sp³-hybridized carbons (Fsp3) is 0.500. The van der Waals surface area contributed by atoms with Gasteiger partial charge >= 0.3 is 17.7 Å². The number of thiazole rings is 2. The average molecular weight is 364 g/mol. The molecule has 0 aliphatic heterocycles. The van der Waals surface area contributed by atoms with E-state index in [1.165, 1.54) is 0 Å². The maximum absolute atomic E-state index is 14.0. The SMILES string of the molecule is CC(=O)OC(c1nc(C)c(C)s1)(c1nc(C)c(C)s1)C(F)(F)F. The highest BCUT2D eigenvalue weighted by Gasteiger charge is 2.65. The summed E-state index contributed by atoms with van der Waals surface area (Å²) in [5.74, 6) is -1.04. The number of hydrogen-bond acceptors (Lipinski definition) is 6. The first-order valence-corrected chi connectivity index (χ1v) is 8.27. The molecule has 9 heteroatoms. The summed E-state index contributed by atoms with van der Waals surface area (Å²) in [6.07, 6.45) is -4.88. The molecule has 2 rings (SSSR count). The second-order valence-corrected chi connectivity index (χ2v) is 7.50. The van der Waals surface area contributed by atoms with Crippen LogP contribution in [0.4, 0.5) is 13.2 Å². The third kappa shape index (κ3) is 2.99. The number of halogens is 3. The molecule has 2 aromatic rings. The maximum atomic E-state index is 14.0. The van der Waals surface area contributed by atoms with E-state index in [4.69, 9.17) is 4.74 Å². The molecule has 0 fully saturated rings. The zero-order chi connectivity index (χ0) is 17.6. The average Bonchev–Trinajstić information content (AvgIpc) is 2.89. The van der Waals surface area contributed by atoms with Crippen LogP contribution in [0.2, 0.25) is 0 Å². The molecule has 4 nitrogen and oxygen atoms in total. The lowest BCUT2D eigenvalue weighted by atomic mass is 10.1. The highest BCUT2D eigenvalue weighted by molar-refractivity contribution is 7.13.